The van der Waals surface area contributed by atoms with E-state index in [1.165, 1.54) is 19.2 Å². The molecule has 0 saturated carbocycles. The number of hydrazine groups is 1. The van der Waals surface area contributed by atoms with Gasteiger partial charge >= 0.3 is 0 Å². The van der Waals surface area contributed by atoms with Crippen LogP contribution in [0.5, 0.6) is 11.5 Å². The van der Waals surface area contributed by atoms with Gasteiger partial charge in [-0.25, -0.2) is 0 Å². The minimum atomic E-state index is -0.639. The van der Waals surface area contributed by atoms with Crippen molar-refractivity contribution in [3.63, 3.8) is 0 Å². The van der Waals surface area contributed by atoms with Gasteiger partial charge in [0.25, 0.3) is 17.5 Å². The molecule has 29 heavy (non-hydrogen) atoms. The van der Waals surface area contributed by atoms with Crippen molar-refractivity contribution in [2.24, 2.45) is 5.92 Å². The van der Waals surface area contributed by atoms with Crippen molar-refractivity contribution in [2.75, 3.05) is 13.7 Å². The zero-order valence-electron chi connectivity index (χ0n) is 16.6. The van der Waals surface area contributed by atoms with E-state index in [2.05, 4.69) is 24.7 Å². The molecule has 2 rings (SSSR count). The Balaban J connectivity index is 2.00. The fraction of sp³-hybridized carbons (Fsp3) is 0.368. The van der Waals surface area contributed by atoms with E-state index in [-0.39, 0.29) is 16.1 Å². The molecule has 1 heterocycles. The van der Waals surface area contributed by atoms with Gasteiger partial charge in [0.15, 0.2) is 11.5 Å². The summed E-state index contributed by atoms with van der Waals surface area (Å²) in [5, 5.41) is 10.9. The predicted molar refractivity (Wildman–Crippen MR) is 109 cm³/mol. The molecule has 0 aliphatic carbocycles. The first kappa shape index (κ1) is 22.2. The highest BCUT2D eigenvalue weighted by Gasteiger charge is 2.20. The van der Waals surface area contributed by atoms with Crippen molar-refractivity contribution < 1.29 is 24.0 Å². The number of aryl methyl sites for hydroxylation is 1. The lowest BCUT2D eigenvalue weighted by Crippen LogP contribution is -2.41. The van der Waals surface area contributed by atoms with Crippen molar-refractivity contribution in [1.29, 1.82) is 0 Å². The molecule has 0 aliphatic rings. The Morgan fingerprint density at radius 3 is 2.45 bits per heavy atom. The van der Waals surface area contributed by atoms with Crippen molar-refractivity contribution >= 4 is 28.8 Å². The lowest BCUT2D eigenvalue weighted by atomic mass is 10.1. The van der Waals surface area contributed by atoms with E-state index in [0.29, 0.717) is 28.9 Å². The van der Waals surface area contributed by atoms with Crippen molar-refractivity contribution in [3.05, 3.63) is 49.7 Å². The Labute approximate surface area is 172 Å². The van der Waals surface area contributed by atoms with Crippen LogP contribution in [-0.4, -0.2) is 30.5 Å². The van der Waals surface area contributed by atoms with Gasteiger partial charge in [0, 0.05) is 11.6 Å². The molecule has 0 bridgehead atoms. The van der Waals surface area contributed by atoms with E-state index in [9.17, 15) is 19.7 Å². The molecule has 0 atom stereocenters. The molecular formula is C19H23N3O6S. The number of hydrogen-bond acceptors (Lipinski definition) is 7. The van der Waals surface area contributed by atoms with Crippen LogP contribution >= 0.6 is 11.3 Å². The summed E-state index contributed by atoms with van der Waals surface area (Å²) in [4.78, 5) is 35.3. The van der Waals surface area contributed by atoms with Crippen LogP contribution in [0.2, 0.25) is 0 Å². The second-order valence-corrected chi connectivity index (χ2v) is 7.87. The molecule has 2 aromatic rings. The van der Waals surface area contributed by atoms with Gasteiger partial charge in [0.2, 0.25) is 0 Å². The molecule has 2 N–H and O–H groups in total. The maximum Gasteiger partial charge on any atom is 0.283 e. The van der Waals surface area contributed by atoms with E-state index in [4.69, 9.17) is 9.47 Å². The molecule has 2 amide bonds. The summed E-state index contributed by atoms with van der Waals surface area (Å²) < 4.78 is 11.0. The quantitative estimate of drug-likeness (QED) is 0.497. The molecule has 1 aromatic heterocycles. The second-order valence-electron chi connectivity index (χ2n) is 6.61. The van der Waals surface area contributed by atoms with Gasteiger partial charge in [0.05, 0.1) is 23.5 Å². The second kappa shape index (κ2) is 9.87. The molecule has 0 fully saturated rings. The third-order valence-corrected chi connectivity index (χ3v) is 5.02. The smallest absolute Gasteiger partial charge is 0.283 e. The summed E-state index contributed by atoms with van der Waals surface area (Å²) >= 11 is 0.974. The Morgan fingerprint density at radius 1 is 1.17 bits per heavy atom. The van der Waals surface area contributed by atoms with Crippen LogP contribution in [-0.2, 0) is 0 Å². The topological polar surface area (TPSA) is 120 Å². The molecule has 0 saturated heterocycles. The summed E-state index contributed by atoms with van der Waals surface area (Å²) in [5.41, 5.74) is 4.66. The van der Waals surface area contributed by atoms with E-state index >= 15 is 0 Å². The zero-order chi connectivity index (χ0) is 21.6. The van der Waals surface area contributed by atoms with Crippen molar-refractivity contribution in [2.45, 2.75) is 27.2 Å². The standard InChI is InChI=1S/C19H23N3O6S/c1-11(2)7-8-28-15-6-5-13(9-16(15)27-4)18(23)20-21-19(24)17-10-14(22(25)26)12(3)29-17/h5-6,9-11H,7-8H2,1-4H3,(H,20,23)(H,21,24). The van der Waals surface area contributed by atoms with Crippen LogP contribution in [0.25, 0.3) is 0 Å². The lowest BCUT2D eigenvalue weighted by molar-refractivity contribution is -0.385. The summed E-state index contributed by atoms with van der Waals surface area (Å²) in [6, 6.07) is 5.86. The average Bonchev–Trinajstić information content (AvgIpc) is 3.07. The van der Waals surface area contributed by atoms with Crippen LogP contribution in [0.15, 0.2) is 24.3 Å². The fourth-order valence-corrected chi connectivity index (χ4v) is 3.23. The third kappa shape index (κ3) is 5.92. The number of nitrogens with one attached hydrogen (secondary N) is 2. The van der Waals surface area contributed by atoms with Crippen LogP contribution in [0.1, 0.15) is 45.2 Å². The Kier molecular flexibility index (Phi) is 7.54. The number of nitrogens with zero attached hydrogens (tertiary/aromatic N) is 1. The van der Waals surface area contributed by atoms with E-state index in [1.54, 1.807) is 19.1 Å². The molecule has 0 unspecified atom stereocenters. The summed E-state index contributed by atoms with van der Waals surface area (Å²) in [5.74, 6) is 0.226. The van der Waals surface area contributed by atoms with Crippen LogP contribution in [0.4, 0.5) is 5.69 Å². The number of benzene rings is 1. The van der Waals surface area contributed by atoms with E-state index in [0.717, 1.165) is 17.8 Å². The highest BCUT2D eigenvalue weighted by atomic mass is 32.1. The summed E-state index contributed by atoms with van der Waals surface area (Å²) in [6.07, 6.45) is 0.887. The maximum atomic E-state index is 12.3. The molecule has 156 valence electrons. The number of carbonyl (C=O) groups excluding carboxylic acids is 2. The van der Waals surface area contributed by atoms with Gasteiger partial charge in [-0.15, -0.1) is 11.3 Å². The lowest BCUT2D eigenvalue weighted by Gasteiger charge is -2.13. The first-order valence-corrected chi connectivity index (χ1v) is 9.71. The zero-order valence-corrected chi connectivity index (χ0v) is 17.4. The number of rotatable bonds is 8. The van der Waals surface area contributed by atoms with Crippen molar-refractivity contribution in [1.82, 2.24) is 10.9 Å². The molecular weight excluding hydrogens is 398 g/mol. The number of ether oxygens (including phenoxy) is 2. The maximum absolute atomic E-state index is 12.3. The third-order valence-electron chi connectivity index (χ3n) is 3.98. The molecule has 0 radical (unpaired) electrons. The predicted octanol–water partition coefficient (Wildman–Crippen LogP) is 3.47. The average molecular weight is 421 g/mol. The first-order chi connectivity index (χ1) is 13.7. The molecule has 0 aliphatic heterocycles. The number of methoxy groups -OCH3 is 1. The van der Waals surface area contributed by atoms with Crippen LogP contribution in [0.3, 0.4) is 0 Å². The molecule has 0 spiro atoms. The molecule has 10 heteroatoms. The Morgan fingerprint density at radius 2 is 1.86 bits per heavy atom. The highest BCUT2D eigenvalue weighted by molar-refractivity contribution is 7.14. The number of nitro groups is 1. The summed E-state index contributed by atoms with van der Waals surface area (Å²) in [7, 11) is 1.47. The van der Waals surface area contributed by atoms with Gasteiger partial charge in [-0.3, -0.25) is 30.6 Å². The SMILES string of the molecule is COc1cc(C(=O)NNC(=O)c2cc([N+](=O)[O-])c(C)s2)ccc1OCCC(C)C. The van der Waals surface area contributed by atoms with Gasteiger partial charge in [-0.2, -0.15) is 0 Å². The first-order valence-electron chi connectivity index (χ1n) is 8.89. The van der Waals surface area contributed by atoms with Gasteiger partial charge in [-0.1, -0.05) is 13.8 Å². The van der Waals surface area contributed by atoms with Crippen LogP contribution in [0, 0.1) is 23.0 Å². The largest absolute Gasteiger partial charge is 0.493 e. The number of amides is 2. The minimum Gasteiger partial charge on any atom is -0.493 e. The summed E-state index contributed by atoms with van der Waals surface area (Å²) in [6.45, 7) is 6.27. The Bertz CT molecular complexity index is 909. The minimum absolute atomic E-state index is 0.126. The van der Waals surface area contributed by atoms with Crippen molar-refractivity contribution in [3.8, 4) is 11.5 Å². The Hall–Kier alpha value is -3.14. The fourth-order valence-electron chi connectivity index (χ4n) is 2.35. The number of hydrogen-bond donors (Lipinski definition) is 2. The highest BCUT2D eigenvalue weighted by Crippen LogP contribution is 2.29. The van der Waals surface area contributed by atoms with Gasteiger partial charge in [0.1, 0.15) is 4.88 Å². The normalized spacial score (nSPS) is 10.5. The monoisotopic (exact) mass is 421 g/mol. The van der Waals surface area contributed by atoms with Gasteiger partial charge in [-0.05, 0) is 37.5 Å². The number of carbonyl (C=O) groups is 2. The molecule has 9 nitrogen and oxygen atoms in total. The molecule has 1 aromatic carbocycles. The van der Waals surface area contributed by atoms with Gasteiger partial charge < -0.3 is 9.47 Å². The van der Waals surface area contributed by atoms with E-state index in [1.807, 2.05) is 0 Å². The van der Waals surface area contributed by atoms with Crippen LogP contribution < -0.4 is 20.3 Å². The van der Waals surface area contributed by atoms with E-state index < -0.39 is 16.7 Å². The number of thiophene rings is 1.